The molecule has 0 aliphatic rings. The second-order valence-corrected chi connectivity index (χ2v) is 7.26. The summed E-state index contributed by atoms with van der Waals surface area (Å²) >= 11 is 1.77. The van der Waals surface area contributed by atoms with Crippen molar-refractivity contribution in [3.05, 3.63) is 108 Å². The largest absolute Gasteiger partial charge is 0.469 e. The molecule has 0 unspecified atom stereocenters. The van der Waals surface area contributed by atoms with E-state index in [0.29, 0.717) is 12.2 Å². The van der Waals surface area contributed by atoms with Crippen LogP contribution in [0.15, 0.2) is 91.0 Å². The molecule has 0 radical (unpaired) electrons. The highest BCUT2D eigenvalue weighted by Gasteiger charge is 2.36. The number of esters is 1. The van der Waals surface area contributed by atoms with Gasteiger partial charge in [-0.1, -0.05) is 91.0 Å². The van der Waals surface area contributed by atoms with Gasteiger partial charge >= 0.3 is 5.97 Å². The predicted octanol–water partition coefficient (Wildman–Crippen LogP) is 5.27. The molecule has 3 heteroatoms. The van der Waals surface area contributed by atoms with E-state index in [4.69, 9.17) is 4.74 Å². The molecule has 0 bridgehead atoms. The van der Waals surface area contributed by atoms with Gasteiger partial charge in [0, 0.05) is 5.75 Å². The number of hydrogen-bond acceptors (Lipinski definition) is 3. The van der Waals surface area contributed by atoms with Crippen molar-refractivity contribution >= 4 is 17.7 Å². The number of benzene rings is 3. The Kier molecular flexibility index (Phi) is 6.13. The molecule has 132 valence electrons. The van der Waals surface area contributed by atoms with Crippen LogP contribution in [0, 0.1) is 0 Å². The van der Waals surface area contributed by atoms with Gasteiger partial charge < -0.3 is 4.74 Å². The lowest BCUT2D eigenvalue weighted by molar-refractivity contribution is -0.140. The quantitative estimate of drug-likeness (QED) is 0.423. The molecule has 0 heterocycles. The zero-order valence-electron chi connectivity index (χ0n) is 14.8. The van der Waals surface area contributed by atoms with Crippen LogP contribution in [-0.2, 0) is 14.3 Å². The van der Waals surface area contributed by atoms with Crippen molar-refractivity contribution < 1.29 is 9.53 Å². The van der Waals surface area contributed by atoms with Gasteiger partial charge in [-0.3, -0.25) is 4.79 Å². The Balaban J connectivity index is 2.13. The highest BCUT2D eigenvalue weighted by atomic mass is 32.2. The van der Waals surface area contributed by atoms with Gasteiger partial charge in [0.25, 0.3) is 0 Å². The van der Waals surface area contributed by atoms with Crippen LogP contribution in [0.4, 0.5) is 0 Å². The predicted molar refractivity (Wildman–Crippen MR) is 108 cm³/mol. The van der Waals surface area contributed by atoms with Gasteiger partial charge in [-0.15, -0.1) is 11.8 Å². The van der Waals surface area contributed by atoms with E-state index in [0.717, 1.165) is 0 Å². The van der Waals surface area contributed by atoms with Crippen LogP contribution >= 0.6 is 11.8 Å². The molecule has 26 heavy (non-hydrogen) atoms. The lowest BCUT2D eigenvalue weighted by Gasteiger charge is -2.35. The highest BCUT2D eigenvalue weighted by Crippen LogP contribution is 2.48. The summed E-state index contributed by atoms with van der Waals surface area (Å²) in [6.45, 7) is 0. The molecule has 0 saturated carbocycles. The minimum Gasteiger partial charge on any atom is -0.469 e. The van der Waals surface area contributed by atoms with Crippen LogP contribution in [0.1, 0.15) is 23.1 Å². The summed E-state index contributed by atoms with van der Waals surface area (Å²) in [6, 6.07) is 31.4. The van der Waals surface area contributed by atoms with Gasteiger partial charge in [-0.25, -0.2) is 0 Å². The first kappa shape index (κ1) is 18.3. The number of methoxy groups -OCH3 is 1. The van der Waals surface area contributed by atoms with Crippen molar-refractivity contribution in [3.63, 3.8) is 0 Å². The third kappa shape index (κ3) is 3.83. The molecule has 2 nitrogen and oxygen atoms in total. The molecule has 3 aromatic carbocycles. The number of ether oxygens (including phenoxy) is 1. The maximum absolute atomic E-state index is 11.7. The van der Waals surface area contributed by atoms with E-state index < -0.39 is 0 Å². The van der Waals surface area contributed by atoms with Gasteiger partial charge in [0.2, 0.25) is 0 Å². The van der Waals surface area contributed by atoms with Gasteiger partial charge in [0.1, 0.15) is 0 Å². The third-order valence-corrected chi connectivity index (χ3v) is 5.94. The average molecular weight is 362 g/mol. The molecular formula is C23H22O2S. The van der Waals surface area contributed by atoms with Crippen LogP contribution in [0.2, 0.25) is 0 Å². The maximum atomic E-state index is 11.7. The third-order valence-electron chi connectivity index (χ3n) is 4.39. The molecule has 0 aliphatic heterocycles. The minimum absolute atomic E-state index is 0.180. The van der Waals surface area contributed by atoms with Crippen LogP contribution in [0.5, 0.6) is 0 Å². The van der Waals surface area contributed by atoms with Crippen molar-refractivity contribution in [2.45, 2.75) is 11.2 Å². The Hall–Kier alpha value is -2.52. The van der Waals surface area contributed by atoms with Crippen molar-refractivity contribution in [3.8, 4) is 0 Å². The Bertz CT molecular complexity index is 720. The molecule has 0 amide bonds. The Labute approximate surface area is 159 Å². The average Bonchev–Trinajstić information content (AvgIpc) is 2.73. The summed E-state index contributed by atoms with van der Waals surface area (Å²) in [4.78, 5) is 11.7. The topological polar surface area (TPSA) is 26.3 Å². The second-order valence-electron chi connectivity index (χ2n) is 5.95. The Morgan fingerprint density at radius 1 is 0.769 bits per heavy atom. The van der Waals surface area contributed by atoms with E-state index >= 15 is 0 Å². The Morgan fingerprint density at radius 3 is 1.50 bits per heavy atom. The fraction of sp³-hybridized carbons (Fsp3) is 0.174. The fourth-order valence-corrected chi connectivity index (χ4v) is 4.64. The smallest absolute Gasteiger partial charge is 0.306 e. The number of carbonyl (C=O) groups excluding carboxylic acids is 1. The molecule has 0 spiro atoms. The summed E-state index contributed by atoms with van der Waals surface area (Å²) in [7, 11) is 1.44. The van der Waals surface area contributed by atoms with Crippen molar-refractivity contribution in [1.82, 2.24) is 0 Å². The molecule has 0 saturated heterocycles. The number of rotatable bonds is 7. The Morgan fingerprint density at radius 2 is 1.15 bits per heavy atom. The summed E-state index contributed by atoms with van der Waals surface area (Å²) in [6.07, 6.45) is 0.384. The van der Waals surface area contributed by atoms with Gasteiger partial charge in [-0.2, -0.15) is 0 Å². The molecular weight excluding hydrogens is 340 g/mol. The standard InChI is InChI=1S/C23H22O2S/c1-25-22(24)17-18-26-23(19-11-5-2-6-12-19,20-13-7-3-8-14-20)21-15-9-4-10-16-21/h2-16H,17-18H2,1H3. The first-order valence-corrected chi connectivity index (χ1v) is 9.63. The zero-order valence-corrected chi connectivity index (χ0v) is 15.6. The molecule has 0 N–H and O–H groups in total. The SMILES string of the molecule is COC(=O)CCSC(c1ccccc1)(c1ccccc1)c1ccccc1. The molecule has 0 aromatic heterocycles. The first-order chi connectivity index (χ1) is 12.8. The van der Waals surface area contributed by atoms with Crippen molar-refractivity contribution in [2.24, 2.45) is 0 Å². The van der Waals surface area contributed by atoms with Gasteiger partial charge in [-0.05, 0) is 16.7 Å². The van der Waals surface area contributed by atoms with Crippen LogP contribution in [0.25, 0.3) is 0 Å². The summed E-state index contributed by atoms with van der Waals surface area (Å²) < 4.78 is 4.45. The van der Waals surface area contributed by atoms with Gasteiger partial charge in [0.15, 0.2) is 0 Å². The number of thioether (sulfide) groups is 1. The first-order valence-electron chi connectivity index (χ1n) is 8.64. The van der Waals surface area contributed by atoms with E-state index in [1.165, 1.54) is 23.8 Å². The van der Waals surface area contributed by atoms with E-state index in [2.05, 4.69) is 72.8 Å². The van der Waals surface area contributed by atoms with Crippen molar-refractivity contribution in [1.29, 1.82) is 0 Å². The van der Waals surface area contributed by atoms with E-state index in [1.54, 1.807) is 11.8 Å². The fourth-order valence-electron chi connectivity index (χ4n) is 3.16. The van der Waals surface area contributed by atoms with Crippen LogP contribution in [0.3, 0.4) is 0 Å². The molecule has 0 aliphatic carbocycles. The zero-order chi connectivity index (χ0) is 18.2. The lowest BCUT2D eigenvalue weighted by Crippen LogP contribution is -2.26. The summed E-state index contributed by atoms with van der Waals surface area (Å²) in [5.41, 5.74) is 3.60. The normalized spacial score (nSPS) is 11.1. The lowest BCUT2D eigenvalue weighted by atomic mass is 9.84. The van der Waals surface area contributed by atoms with Crippen molar-refractivity contribution in [2.75, 3.05) is 12.9 Å². The molecule has 3 rings (SSSR count). The van der Waals surface area contributed by atoms with Gasteiger partial charge in [0.05, 0.1) is 18.3 Å². The van der Waals surface area contributed by atoms with E-state index in [-0.39, 0.29) is 10.7 Å². The molecule has 0 atom stereocenters. The monoisotopic (exact) mass is 362 g/mol. The number of hydrogen-bond donors (Lipinski definition) is 0. The summed E-state index contributed by atoms with van der Waals surface area (Å²) in [5.74, 6) is 0.492. The number of carbonyl (C=O) groups is 1. The van der Waals surface area contributed by atoms with E-state index in [9.17, 15) is 4.79 Å². The summed E-state index contributed by atoms with van der Waals surface area (Å²) in [5, 5.41) is 0. The minimum atomic E-state index is -0.377. The van der Waals surface area contributed by atoms with E-state index in [1.807, 2.05) is 18.2 Å². The maximum Gasteiger partial charge on any atom is 0.306 e. The molecule has 0 fully saturated rings. The second kappa shape index (κ2) is 8.72. The molecule has 3 aromatic rings. The van der Waals surface area contributed by atoms with Crippen LogP contribution in [-0.4, -0.2) is 18.8 Å². The van der Waals surface area contributed by atoms with Crippen LogP contribution < -0.4 is 0 Å². The highest BCUT2D eigenvalue weighted by molar-refractivity contribution is 8.00.